The Morgan fingerprint density at radius 3 is 2.39 bits per heavy atom. The Morgan fingerprint density at radius 2 is 1.85 bits per heavy atom. The predicted molar refractivity (Wildman–Crippen MR) is 125 cm³/mol. The highest BCUT2D eigenvalue weighted by Crippen LogP contribution is 2.40. The average Bonchev–Trinajstić information content (AvgIpc) is 3.59. The highest BCUT2D eigenvalue weighted by molar-refractivity contribution is 7.88. The van der Waals surface area contributed by atoms with Gasteiger partial charge in [-0.25, -0.2) is 22.5 Å². The standard InChI is InChI=1S/C22H31N5O5S/c1-13(2)12-27-19-18(20(28)24-22(27)30)16(11-17(23-19)14-5-6-14)21(29)26-9-7-15(8-10-26)25(3)33(4,31)32/h11,13-15H,5-10,12H2,1-4H3,(H,24,28,30). The number of pyridine rings is 1. The third-order valence-corrected chi connectivity index (χ3v) is 7.88. The Morgan fingerprint density at radius 1 is 1.21 bits per heavy atom. The molecule has 0 radical (unpaired) electrons. The van der Waals surface area contributed by atoms with Crippen LogP contribution in [-0.4, -0.2) is 70.5 Å². The van der Waals surface area contributed by atoms with Gasteiger partial charge in [-0.05, 0) is 37.7 Å². The number of hydrogen-bond acceptors (Lipinski definition) is 6. The van der Waals surface area contributed by atoms with Crippen LogP contribution in [0.5, 0.6) is 0 Å². The van der Waals surface area contributed by atoms with Crippen LogP contribution in [0.4, 0.5) is 0 Å². The fourth-order valence-electron chi connectivity index (χ4n) is 4.46. The molecule has 33 heavy (non-hydrogen) atoms. The summed E-state index contributed by atoms with van der Waals surface area (Å²) in [5.41, 5.74) is 0.122. The molecule has 1 saturated heterocycles. The first-order valence-electron chi connectivity index (χ1n) is 11.4. The fourth-order valence-corrected chi connectivity index (χ4v) is 5.21. The van der Waals surface area contributed by atoms with Crippen molar-refractivity contribution in [2.75, 3.05) is 26.4 Å². The molecule has 0 spiro atoms. The molecule has 1 saturated carbocycles. The maximum Gasteiger partial charge on any atom is 0.330 e. The molecule has 0 aromatic carbocycles. The van der Waals surface area contributed by atoms with Gasteiger partial charge in [-0.3, -0.25) is 19.1 Å². The highest BCUT2D eigenvalue weighted by Gasteiger charge is 2.33. The molecule has 2 aromatic rings. The number of carbonyl (C=O) groups excluding carboxylic acids is 1. The normalized spacial score (nSPS) is 17.9. The number of hydrogen-bond donors (Lipinski definition) is 1. The summed E-state index contributed by atoms with van der Waals surface area (Å²) in [5.74, 6) is 0.0928. The van der Waals surface area contributed by atoms with Crippen LogP contribution in [0.15, 0.2) is 15.7 Å². The Bertz CT molecular complexity index is 1300. The van der Waals surface area contributed by atoms with Gasteiger partial charge in [-0.15, -0.1) is 0 Å². The van der Waals surface area contributed by atoms with Gasteiger partial charge in [-0.2, -0.15) is 0 Å². The van der Waals surface area contributed by atoms with Crippen LogP contribution in [0.2, 0.25) is 0 Å². The first kappa shape index (κ1) is 23.6. The van der Waals surface area contributed by atoms with Gasteiger partial charge in [0.15, 0.2) is 5.65 Å². The molecule has 180 valence electrons. The molecular formula is C22H31N5O5S. The molecule has 10 nitrogen and oxygen atoms in total. The molecular weight excluding hydrogens is 446 g/mol. The Balaban J connectivity index is 1.74. The predicted octanol–water partition coefficient (Wildman–Crippen LogP) is 1.11. The van der Waals surface area contributed by atoms with E-state index < -0.39 is 21.3 Å². The van der Waals surface area contributed by atoms with E-state index in [1.165, 1.54) is 15.1 Å². The molecule has 1 aliphatic heterocycles. The van der Waals surface area contributed by atoms with E-state index in [0.29, 0.717) is 32.5 Å². The minimum absolute atomic E-state index is 0.139. The first-order valence-corrected chi connectivity index (χ1v) is 13.2. The lowest BCUT2D eigenvalue weighted by molar-refractivity contribution is 0.0688. The van der Waals surface area contributed by atoms with E-state index in [4.69, 9.17) is 0 Å². The summed E-state index contributed by atoms with van der Waals surface area (Å²) in [7, 11) is -1.75. The Labute approximate surface area is 192 Å². The van der Waals surface area contributed by atoms with Crippen molar-refractivity contribution >= 4 is 27.0 Å². The van der Waals surface area contributed by atoms with Gasteiger partial charge in [0, 0.05) is 44.3 Å². The van der Waals surface area contributed by atoms with E-state index in [1.54, 1.807) is 18.0 Å². The van der Waals surface area contributed by atoms with Crippen LogP contribution >= 0.6 is 0 Å². The van der Waals surface area contributed by atoms with Crippen LogP contribution in [0.1, 0.15) is 61.5 Å². The average molecular weight is 478 g/mol. The lowest BCUT2D eigenvalue weighted by atomic mass is 10.0. The summed E-state index contributed by atoms with van der Waals surface area (Å²) in [4.78, 5) is 47.7. The number of sulfonamides is 1. The van der Waals surface area contributed by atoms with Crippen LogP contribution < -0.4 is 11.2 Å². The number of H-pyrrole nitrogens is 1. The topological polar surface area (TPSA) is 125 Å². The van der Waals surface area contributed by atoms with Gasteiger partial charge in [0.05, 0.1) is 17.2 Å². The van der Waals surface area contributed by atoms with E-state index in [1.807, 2.05) is 13.8 Å². The zero-order valence-corrected chi connectivity index (χ0v) is 20.3. The van der Waals surface area contributed by atoms with Crippen molar-refractivity contribution in [2.45, 2.75) is 58.0 Å². The Kier molecular flexibility index (Phi) is 6.21. The van der Waals surface area contributed by atoms with Crippen molar-refractivity contribution in [2.24, 2.45) is 5.92 Å². The van der Waals surface area contributed by atoms with E-state index in [2.05, 4.69) is 9.97 Å². The van der Waals surface area contributed by atoms with Crippen molar-refractivity contribution in [3.8, 4) is 0 Å². The molecule has 1 aliphatic carbocycles. The molecule has 4 rings (SSSR count). The third kappa shape index (κ3) is 4.74. The summed E-state index contributed by atoms with van der Waals surface area (Å²) in [6.45, 7) is 5.09. The zero-order valence-electron chi connectivity index (χ0n) is 19.5. The van der Waals surface area contributed by atoms with Crippen LogP contribution in [0.25, 0.3) is 11.0 Å². The number of likely N-dealkylation sites (tertiary alicyclic amines) is 1. The molecule has 0 atom stereocenters. The smallest absolute Gasteiger partial charge is 0.330 e. The number of piperidine rings is 1. The molecule has 0 unspecified atom stereocenters. The minimum atomic E-state index is -3.31. The number of nitrogens with zero attached hydrogens (tertiary/aromatic N) is 4. The molecule has 2 fully saturated rings. The Hall–Kier alpha value is -2.53. The second-order valence-corrected chi connectivity index (χ2v) is 11.7. The van der Waals surface area contributed by atoms with E-state index >= 15 is 0 Å². The molecule has 2 aromatic heterocycles. The number of amides is 1. The fraction of sp³-hybridized carbons (Fsp3) is 0.636. The van der Waals surface area contributed by atoms with Crippen molar-refractivity contribution in [1.82, 2.24) is 23.7 Å². The van der Waals surface area contributed by atoms with Gasteiger partial charge in [0.1, 0.15) is 0 Å². The number of carbonyl (C=O) groups is 1. The SMILES string of the molecule is CC(C)Cn1c(=O)[nH]c(=O)c2c(C(=O)N3CCC(N(C)S(C)(=O)=O)CC3)cc(C3CC3)nc21. The minimum Gasteiger partial charge on any atom is -0.339 e. The van der Waals surface area contributed by atoms with Crippen LogP contribution in [-0.2, 0) is 16.6 Å². The largest absolute Gasteiger partial charge is 0.339 e. The van der Waals surface area contributed by atoms with Gasteiger partial charge >= 0.3 is 5.69 Å². The molecule has 2 aliphatic rings. The lowest BCUT2D eigenvalue weighted by Crippen LogP contribution is -2.47. The zero-order chi connectivity index (χ0) is 24.1. The number of fused-ring (bicyclic) bond motifs is 1. The summed E-state index contributed by atoms with van der Waals surface area (Å²) in [5, 5.41) is 0.139. The van der Waals surface area contributed by atoms with Crippen LogP contribution in [0, 0.1) is 5.92 Å². The lowest BCUT2D eigenvalue weighted by Gasteiger charge is -2.35. The second kappa shape index (κ2) is 8.68. The van der Waals surface area contributed by atoms with Crippen molar-refractivity contribution in [3.63, 3.8) is 0 Å². The van der Waals surface area contributed by atoms with Gasteiger partial charge in [-0.1, -0.05) is 13.8 Å². The third-order valence-electron chi connectivity index (χ3n) is 6.53. The number of aromatic amines is 1. The van der Waals surface area contributed by atoms with E-state index in [9.17, 15) is 22.8 Å². The van der Waals surface area contributed by atoms with Gasteiger partial charge < -0.3 is 4.90 Å². The van der Waals surface area contributed by atoms with Gasteiger partial charge in [0.25, 0.3) is 11.5 Å². The van der Waals surface area contributed by atoms with Gasteiger partial charge in [0.2, 0.25) is 10.0 Å². The van der Waals surface area contributed by atoms with Crippen molar-refractivity contribution in [3.05, 3.63) is 38.2 Å². The number of nitrogens with one attached hydrogen (secondary N) is 1. The summed E-state index contributed by atoms with van der Waals surface area (Å²) in [6, 6.07) is 1.54. The van der Waals surface area contributed by atoms with Crippen molar-refractivity contribution < 1.29 is 13.2 Å². The number of rotatable bonds is 6. The summed E-state index contributed by atoms with van der Waals surface area (Å²) in [6.07, 6.45) is 4.14. The maximum atomic E-state index is 13.6. The van der Waals surface area contributed by atoms with E-state index in [0.717, 1.165) is 18.5 Å². The molecule has 1 N–H and O–H groups in total. The van der Waals surface area contributed by atoms with Crippen LogP contribution in [0.3, 0.4) is 0 Å². The first-order chi connectivity index (χ1) is 15.5. The molecule has 1 amide bonds. The summed E-state index contributed by atoms with van der Waals surface area (Å²) < 4.78 is 26.5. The quantitative estimate of drug-likeness (QED) is 0.664. The highest BCUT2D eigenvalue weighted by atomic mass is 32.2. The second-order valence-electron chi connectivity index (χ2n) is 9.63. The number of aromatic nitrogens is 3. The van der Waals surface area contributed by atoms with E-state index in [-0.39, 0.29) is 40.4 Å². The molecule has 11 heteroatoms. The van der Waals surface area contributed by atoms with Crippen molar-refractivity contribution in [1.29, 1.82) is 0 Å². The molecule has 0 bridgehead atoms. The molecule has 3 heterocycles. The maximum absolute atomic E-state index is 13.6. The summed E-state index contributed by atoms with van der Waals surface area (Å²) >= 11 is 0. The monoisotopic (exact) mass is 477 g/mol.